The number of amides is 1. The van der Waals surface area contributed by atoms with Gasteiger partial charge >= 0.3 is 0 Å². The Labute approximate surface area is 123 Å². The van der Waals surface area contributed by atoms with E-state index in [4.69, 9.17) is 5.11 Å². The molecule has 0 atom stereocenters. The predicted octanol–water partition coefficient (Wildman–Crippen LogP) is 0.793. The number of carbonyl (C=O) groups is 1. The van der Waals surface area contributed by atoms with Gasteiger partial charge in [-0.05, 0) is 24.1 Å². The van der Waals surface area contributed by atoms with E-state index in [1.54, 1.807) is 24.7 Å². The largest absolute Gasteiger partial charge is 0.384 e. The minimum atomic E-state index is -0.221. The van der Waals surface area contributed by atoms with Gasteiger partial charge < -0.3 is 10.4 Å². The lowest BCUT2D eigenvalue weighted by Gasteiger charge is -2.05. The SMILES string of the molecule is O=C(NCCc1cccnc1)c1cncc(C#CCO)c1. The third-order valence-corrected chi connectivity index (χ3v) is 2.73. The maximum absolute atomic E-state index is 12.0. The van der Waals surface area contributed by atoms with Gasteiger partial charge in [-0.15, -0.1) is 0 Å². The van der Waals surface area contributed by atoms with Crippen molar-refractivity contribution in [1.82, 2.24) is 15.3 Å². The van der Waals surface area contributed by atoms with Gasteiger partial charge in [0, 0.05) is 36.9 Å². The Hall–Kier alpha value is -2.71. The van der Waals surface area contributed by atoms with Crippen LogP contribution in [0.15, 0.2) is 43.0 Å². The molecule has 2 heterocycles. The highest BCUT2D eigenvalue weighted by atomic mass is 16.2. The summed E-state index contributed by atoms with van der Waals surface area (Å²) in [7, 11) is 0. The highest BCUT2D eigenvalue weighted by molar-refractivity contribution is 5.94. The summed E-state index contributed by atoms with van der Waals surface area (Å²) in [4.78, 5) is 20.0. The fourth-order valence-corrected chi connectivity index (χ4v) is 1.74. The minimum Gasteiger partial charge on any atom is -0.384 e. The van der Waals surface area contributed by atoms with Crippen LogP contribution >= 0.6 is 0 Å². The molecule has 2 aromatic rings. The van der Waals surface area contributed by atoms with Gasteiger partial charge in [-0.3, -0.25) is 14.8 Å². The number of rotatable bonds is 4. The fraction of sp³-hybridized carbons (Fsp3) is 0.188. The number of hydrogen-bond acceptors (Lipinski definition) is 4. The van der Waals surface area contributed by atoms with Crippen molar-refractivity contribution >= 4 is 5.91 Å². The molecule has 0 saturated heterocycles. The fourth-order valence-electron chi connectivity index (χ4n) is 1.74. The van der Waals surface area contributed by atoms with Gasteiger partial charge in [0.15, 0.2) is 0 Å². The normalized spacial score (nSPS) is 9.57. The van der Waals surface area contributed by atoms with E-state index in [0.717, 1.165) is 12.0 Å². The van der Waals surface area contributed by atoms with Crippen molar-refractivity contribution in [2.24, 2.45) is 0 Å². The first-order valence-electron chi connectivity index (χ1n) is 6.51. The Morgan fingerprint density at radius 1 is 1.29 bits per heavy atom. The van der Waals surface area contributed by atoms with Crippen molar-refractivity contribution in [1.29, 1.82) is 0 Å². The minimum absolute atomic E-state index is 0.195. The molecule has 0 spiro atoms. The number of carbonyl (C=O) groups excluding carboxylic acids is 1. The average molecular weight is 281 g/mol. The molecule has 0 aliphatic rings. The van der Waals surface area contributed by atoms with Gasteiger partial charge in [-0.1, -0.05) is 17.9 Å². The van der Waals surface area contributed by atoms with Crippen LogP contribution in [0.25, 0.3) is 0 Å². The summed E-state index contributed by atoms with van der Waals surface area (Å²) in [5, 5.41) is 11.5. The smallest absolute Gasteiger partial charge is 0.252 e. The first-order chi connectivity index (χ1) is 10.3. The molecule has 0 saturated carbocycles. The zero-order valence-electron chi connectivity index (χ0n) is 11.4. The van der Waals surface area contributed by atoms with Crippen LogP contribution in [-0.4, -0.2) is 34.1 Å². The van der Waals surface area contributed by atoms with Crippen LogP contribution in [0.2, 0.25) is 0 Å². The molecular weight excluding hydrogens is 266 g/mol. The highest BCUT2D eigenvalue weighted by Crippen LogP contribution is 2.02. The average Bonchev–Trinajstić information content (AvgIpc) is 2.54. The van der Waals surface area contributed by atoms with Crippen LogP contribution < -0.4 is 5.32 Å². The van der Waals surface area contributed by atoms with E-state index < -0.39 is 0 Å². The van der Waals surface area contributed by atoms with E-state index in [-0.39, 0.29) is 12.5 Å². The molecule has 0 unspecified atom stereocenters. The Kier molecular flexibility index (Phi) is 5.44. The summed E-state index contributed by atoms with van der Waals surface area (Å²) in [6.07, 6.45) is 7.25. The van der Waals surface area contributed by atoms with Crippen LogP contribution in [0.3, 0.4) is 0 Å². The van der Waals surface area contributed by atoms with Crippen LogP contribution in [-0.2, 0) is 6.42 Å². The lowest BCUT2D eigenvalue weighted by molar-refractivity contribution is 0.0953. The molecule has 0 aromatic carbocycles. The number of aliphatic hydroxyl groups excluding tert-OH is 1. The number of pyridine rings is 2. The molecule has 106 valence electrons. The monoisotopic (exact) mass is 281 g/mol. The van der Waals surface area contributed by atoms with Crippen molar-refractivity contribution in [3.05, 3.63) is 59.7 Å². The van der Waals surface area contributed by atoms with Gasteiger partial charge in [0.1, 0.15) is 6.61 Å². The number of aromatic nitrogens is 2. The molecule has 0 bridgehead atoms. The van der Waals surface area contributed by atoms with Gasteiger partial charge in [-0.25, -0.2) is 0 Å². The van der Waals surface area contributed by atoms with Gasteiger partial charge in [-0.2, -0.15) is 0 Å². The van der Waals surface area contributed by atoms with E-state index in [1.807, 2.05) is 12.1 Å². The first-order valence-corrected chi connectivity index (χ1v) is 6.51. The van der Waals surface area contributed by atoms with E-state index in [2.05, 4.69) is 27.1 Å². The molecule has 2 rings (SSSR count). The van der Waals surface area contributed by atoms with Crippen molar-refractivity contribution in [2.45, 2.75) is 6.42 Å². The first kappa shape index (κ1) is 14.7. The summed E-state index contributed by atoms with van der Waals surface area (Å²) in [5.74, 6) is 5.05. The number of aliphatic hydroxyl groups is 1. The summed E-state index contributed by atoms with van der Waals surface area (Å²) >= 11 is 0. The van der Waals surface area contributed by atoms with Crippen LogP contribution in [0.5, 0.6) is 0 Å². The second kappa shape index (κ2) is 7.78. The Morgan fingerprint density at radius 3 is 2.95 bits per heavy atom. The van der Waals surface area contributed by atoms with Crippen molar-refractivity contribution in [3.63, 3.8) is 0 Å². The standard InChI is InChI=1S/C16H15N3O2/c20-8-2-4-14-9-15(12-18-11-14)16(21)19-7-5-13-3-1-6-17-10-13/h1,3,6,9-12,20H,5,7-8H2,(H,19,21). The van der Waals surface area contributed by atoms with Crippen molar-refractivity contribution in [2.75, 3.05) is 13.2 Å². The topological polar surface area (TPSA) is 75.1 Å². The lowest BCUT2D eigenvalue weighted by atomic mass is 10.2. The zero-order chi connectivity index (χ0) is 14.9. The molecular formula is C16H15N3O2. The third kappa shape index (κ3) is 4.71. The molecule has 2 aromatic heterocycles. The molecule has 1 amide bonds. The molecule has 0 aliphatic carbocycles. The van der Waals surface area contributed by atoms with Gasteiger partial charge in [0.2, 0.25) is 0 Å². The van der Waals surface area contributed by atoms with Crippen molar-refractivity contribution in [3.8, 4) is 11.8 Å². The third-order valence-electron chi connectivity index (χ3n) is 2.73. The summed E-state index contributed by atoms with van der Waals surface area (Å²) in [6, 6.07) is 5.48. The Morgan fingerprint density at radius 2 is 2.19 bits per heavy atom. The highest BCUT2D eigenvalue weighted by Gasteiger charge is 2.05. The molecule has 0 radical (unpaired) electrons. The van der Waals surface area contributed by atoms with E-state index >= 15 is 0 Å². The molecule has 5 heteroatoms. The van der Waals surface area contributed by atoms with Gasteiger partial charge in [0.05, 0.1) is 5.56 Å². The molecule has 2 N–H and O–H groups in total. The summed E-state index contributed by atoms with van der Waals surface area (Å²) in [6.45, 7) is 0.304. The lowest BCUT2D eigenvalue weighted by Crippen LogP contribution is -2.25. The van der Waals surface area contributed by atoms with E-state index in [0.29, 0.717) is 17.7 Å². The number of nitrogens with zero attached hydrogens (tertiary/aromatic N) is 2. The van der Waals surface area contributed by atoms with Crippen LogP contribution in [0, 0.1) is 11.8 Å². The maximum Gasteiger partial charge on any atom is 0.252 e. The summed E-state index contributed by atoms with van der Waals surface area (Å²) in [5.41, 5.74) is 2.12. The molecule has 0 aliphatic heterocycles. The van der Waals surface area contributed by atoms with E-state index in [1.165, 1.54) is 6.20 Å². The quantitative estimate of drug-likeness (QED) is 0.813. The predicted molar refractivity (Wildman–Crippen MR) is 78.5 cm³/mol. The van der Waals surface area contributed by atoms with Crippen LogP contribution in [0.1, 0.15) is 21.5 Å². The second-order valence-corrected chi connectivity index (χ2v) is 4.29. The molecule has 5 nitrogen and oxygen atoms in total. The number of hydrogen-bond donors (Lipinski definition) is 2. The van der Waals surface area contributed by atoms with Crippen molar-refractivity contribution < 1.29 is 9.90 Å². The molecule has 0 fully saturated rings. The van der Waals surface area contributed by atoms with Gasteiger partial charge in [0.25, 0.3) is 5.91 Å². The number of nitrogens with one attached hydrogen (secondary N) is 1. The Bertz CT molecular complexity index is 660. The zero-order valence-corrected chi connectivity index (χ0v) is 11.4. The second-order valence-electron chi connectivity index (χ2n) is 4.29. The van der Waals surface area contributed by atoms with Crippen LogP contribution in [0.4, 0.5) is 0 Å². The Balaban J connectivity index is 1.91. The molecule has 21 heavy (non-hydrogen) atoms. The van der Waals surface area contributed by atoms with E-state index in [9.17, 15) is 4.79 Å². The maximum atomic E-state index is 12.0. The summed E-state index contributed by atoms with van der Waals surface area (Å²) < 4.78 is 0.